The van der Waals surface area contributed by atoms with E-state index in [4.69, 9.17) is 0 Å². The van der Waals surface area contributed by atoms with Gasteiger partial charge in [0, 0.05) is 19.0 Å². The van der Waals surface area contributed by atoms with E-state index in [-0.39, 0.29) is 17.4 Å². The Hall–Kier alpha value is -2.48. The number of hydrogen-bond acceptors (Lipinski definition) is 5. The molecule has 2 aromatic rings. The SMILES string of the molecule is CNC(=O)C1CCCc2sc(/C=C/c3c(C(=O)O)cnn3C)nc21. The Labute approximate surface area is 143 Å². The minimum absolute atomic E-state index is 0.00317. The third-order valence-corrected chi connectivity index (χ3v) is 5.23. The predicted octanol–water partition coefficient (Wildman–Crippen LogP) is 1.91. The molecule has 24 heavy (non-hydrogen) atoms. The summed E-state index contributed by atoms with van der Waals surface area (Å²) in [7, 11) is 3.33. The maximum atomic E-state index is 12.0. The molecular weight excluding hydrogens is 328 g/mol. The van der Waals surface area contributed by atoms with Crippen LogP contribution in [0.1, 0.15) is 50.4 Å². The molecule has 2 N–H and O–H groups in total. The standard InChI is InChI=1S/C16H18N4O3S/c1-17-15(21)9-4-3-5-12-14(9)19-13(24-12)7-6-11-10(16(22)23)8-18-20(11)2/h6-9H,3-5H2,1-2H3,(H,17,21)(H,22,23)/b7-6+. The molecule has 8 heteroatoms. The second-order valence-electron chi connectivity index (χ2n) is 5.63. The molecule has 7 nitrogen and oxygen atoms in total. The van der Waals surface area contributed by atoms with Crippen molar-refractivity contribution in [1.82, 2.24) is 20.1 Å². The zero-order chi connectivity index (χ0) is 17.3. The number of carbonyl (C=O) groups excluding carboxylic acids is 1. The number of thiazole rings is 1. The first-order valence-electron chi connectivity index (χ1n) is 7.65. The van der Waals surface area contributed by atoms with Crippen LogP contribution in [0.4, 0.5) is 0 Å². The maximum Gasteiger partial charge on any atom is 0.339 e. The molecule has 0 bridgehead atoms. The van der Waals surface area contributed by atoms with Crippen molar-refractivity contribution in [1.29, 1.82) is 0 Å². The molecule has 0 aliphatic heterocycles. The van der Waals surface area contributed by atoms with Gasteiger partial charge in [-0.3, -0.25) is 9.48 Å². The van der Waals surface area contributed by atoms with Gasteiger partial charge in [-0.25, -0.2) is 9.78 Å². The van der Waals surface area contributed by atoms with Gasteiger partial charge in [0.05, 0.1) is 23.5 Å². The smallest absolute Gasteiger partial charge is 0.339 e. The molecule has 0 fully saturated rings. The molecule has 126 valence electrons. The summed E-state index contributed by atoms with van der Waals surface area (Å²) in [6.45, 7) is 0. The van der Waals surface area contributed by atoms with Crippen LogP contribution in [0.15, 0.2) is 6.20 Å². The van der Waals surface area contributed by atoms with E-state index in [9.17, 15) is 14.7 Å². The van der Waals surface area contributed by atoms with Crippen molar-refractivity contribution in [2.24, 2.45) is 7.05 Å². The zero-order valence-corrected chi connectivity index (χ0v) is 14.3. The molecule has 2 heterocycles. The number of carboxylic acids is 1. The number of aromatic carboxylic acids is 1. The van der Waals surface area contributed by atoms with Gasteiger partial charge in [-0.1, -0.05) is 0 Å². The van der Waals surface area contributed by atoms with E-state index in [2.05, 4.69) is 15.4 Å². The minimum atomic E-state index is -1.01. The van der Waals surface area contributed by atoms with Gasteiger partial charge in [-0.2, -0.15) is 5.10 Å². The lowest BCUT2D eigenvalue weighted by Crippen LogP contribution is -2.28. The summed E-state index contributed by atoms with van der Waals surface area (Å²) in [6.07, 6.45) is 7.53. The molecule has 0 saturated heterocycles. The summed E-state index contributed by atoms with van der Waals surface area (Å²) in [6, 6.07) is 0. The first-order valence-corrected chi connectivity index (χ1v) is 8.47. The number of aryl methyl sites for hydroxylation is 2. The molecule has 1 amide bonds. The number of rotatable bonds is 4. The molecule has 2 aromatic heterocycles. The van der Waals surface area contributed by atoms with Crippen molar-refractivity contribution in [3.63, 3.8) is 0 Å². The predicted molar refractivity (Wildman–Crippen MR) is 91.0 cm³/mol. The van der Waals surface area contributed by atoms with Crippen LogP contribution in [-0.2, 0) is 18.3 Å². The fraction of sp³-hybridized carbons (Fsp3) is 0.375. The van der Waals surface area contributed by atoms with Crippen LogP contribution in [0.5, 0.6) is 0 Å². The molecule has 1 atom stereocenters. The van der Waals surface area contributed by atoms with Gasteiger partial charge in [0.15, 0.2) is 0 Å². The van der Waals surface area contributed by atoms with E-state index in [1.54, 1.807) is 37.6 Å². The molecule has 0 aromatic carbocycles. The van der Waals surface area contributed by atoms with Crippen LogP contribution in [0, 0.1) is 0 Å². The highest BCUT2D eigenvalue weighted by Gasteiger charge is 2.29. The summed E-state index contributed by atoms with van der Waals surface area (Å²) < 4.78 is 1.51. The first kappa shape index (κ1) is 16.4. The van der Waals surface area contributed by atoms with E-state index in [1.165, 1.54) is 10.9 Å². The van der Waals surface area contributed by atoms with E-state index in [0.29, 0.717) is 5.69 Å². The average molecular weight is 346 g/mol. The second-order valence-corrected chi connectivity index (χ2v) is 6.74. The summed E-state index contributed by atoms with van der Waals surface area (Å²) in [4.78, 5) is 29.0. The fourth-order valence-corrected chi connectivity index (χ4v) is 3.97. The number of hydrogen-bond donors (Lipinski definition) is 2. The number of nitrogens with zero attached hydrogens (tertiary/aromatic N) is 3. The summed E-state index contributed by atoms with van der Waals surface area (Å²) >= 11 is 1.55. The highest BCUT2D eigenvalue weighted by Crippen LogP contribution is 2.35. The minimum Gasteiger partial charge on any atom is -0.478 e. The number of aromatic nitrogens is 3. The molecular formula is C16H18N4O3S. The van der Waals surface area contributed by atoms with E-state index in [0.717, 1.165) is 34.8 Å². The quantitative estimate of drug-likeness (QED) is 0.881. The summed E-state index contributed by atoms with van der Waals surface area (Å²) in [5.74, 6) is -1.21. The lowest BCUT2D eigenvalue weighted by Gasteiger charge is -2.19. The first-order chi connectivity index (χ1) is 11.5. The Morgan fingerprint density at radius 3 is 2.96 bits per heavy atom. The lowest BCUT2D eigenvalue weighted by molar-refractivity contribution is -0.122. The van der Waals surface area contributed by atoms with Gasteiger partial charge in [0.2, 0.25) is 5.91 Å². The van der Waals surface area contributed by atoms with Crippen LogP contribution < -0.4 is 5.32 Å². The number of carbonyl (C=O) groups is 2. The Bertz CT molecular complexity index is 821. The van der Waals surface area contributed by atoms with Crippen molar-refractivity contribution >= 4 is 35.4 Å². The topological polar surface area (TPSA) is 97.1 Å². The number of likely N-dealkylation sites (N-methyl/N-ethyl adjacent to an activating group) is 1. The number of amides is 1. The Balaban J connectivity index is 1.90. The van der Waals surface area contributed by atoms with Gasteiger partial charge in [-0.15, -0.1) is 11.3 Å². The highest BCUT2D eigenvalue weighted by molar-refractivity contribution is 7.12. The Morgan fingerprint density at radius 2 is 2.25 bits per heavy atom. The number of carboxylic acid groups (broad SMARTS) is 1. The third-order valence-electron chi connectivity index (χ3n) is 4.13. The monoisotopic (exact) mass is 346 g/mol. The van der Waals surface area contributed by atoms with Crippen molar-refractivity contribution in [3.05, 3.63) is 33.0 Å². The fourth-order valence-electron chi connectivity index (χ4n) is 2.90. The highest BCUT2D eigenvalue weighted by atomic mass is 32.1. The molecule has 0 spiro atoms. The third kappa shape index (κ3) is 2.96. The summed E-state index contributed by atoms with van der Waals surface area (Å²) in [5, 5.41) is 16.6. The Morgan fingerprint density at radius 1 is 1.46 bits per heavy atom. The van der Waals surface area contributed by atoms with Gasteiger partial charge in [0.25, 0.3) is 0 Å². The van der Waals surface area contributed by atoms with E-state index >= 15 is 0 Å². The Kier molecular flexibility index (Phi) is 4.48. The van der Waals surface area contributed by atoms with Crippen LogP contribution >= 0.6 is 11.3 Å². The van der Waals surface area contributed by atoms with Gasteiger partial charge in [0.1, 0.15) is 10.6 Å². The second kappa shape index (κ2) is 6.56. The lowest BCUT2D eigenvalue weighted by atomic mass is 9.90. The molecule has 1 unspecified atom stereocenters. The largest absolute Gasteiger partial charge is 0.478 e. The normalized spacial score (nSPS) is 17.0. The van der Waals surface area contributed by atoms with Crippen LogP contribution in [-0.4, -0.2) is 38.8 Å². The van der Waals surface area contributed by atoms with E-state index in [1.807, 2.05) is 0 Å². The summed E-state index contributed by atoms with van der Waals surface area (Å²) in [5.41, 5.74) is 1.52. The van der Waals surface area contributed by atoms with Crippen molar-refractivity contribution < 1.29 is 14.7 Å². The molecule has 3 rings (SSSR count). The van der Waals surface area contributed by atoms with Crippen LogP contribution in [0.25, 0.3) is 12.2 Å². The van der Waals surface area contributed by atoms with Crippen molar-refractivity contribution in [2.45, 2.75) is 25.2 Å². The van der Waals surface area contributed by atoms with Gasteiger partial charge < -0.3 is 10.4 Å². The molecule has 0 radical (unpaired) electrons. The van der Waals surface area contributed by atoms with Crippen molar-refractivity contribution in [2.75, 3.05) is 7.05 Å². The average Bonchev–Trinajstić information content (AvgIpc) is 3.14. The van der Waals surface area contributed by atoms with Crippen molar-refractivity contribution in [3.8, 4) is 0 Å². The zero-order valence-electron chi connectivity index (χ0n) is 13.4. The van der Waals surface area contributed by atoms with Gasteiger partial charge in [-0.05, 0) is 31.4 Å². The molecule has 1 aliphatic carbocycles. The van der Waals surface area contributed by atoms with Crippen LogP contribution in [0.2, 0.25) is 0 Å². The number of nitrogens with one attached hydrogen (secondary N) is 1. The molecule has 1 aliphatic rings. The number of fused-ring (bicyclic) bond motifs is 1. The molecule has 0 saturated carbocycles. The van der Waals surface area contributed by atoms with Crippen LogP contribution in [0.3, 0.4) is 0 Å². The maximum absolute atomic E-state index is 12.0. The van der Waals surface area contributed by atoms with E-state index < -0.39 is 5.97 Å². The van der Waals surface area contributed by atoms with Gasteiger partial charge >= 0.3 is 5.97 Å².